The van der Waals surface area contributed by atoms with E-state index in [0.29, 0.717) is 0 Å². The zero-order valence-electron chi connectivity index (χ0n) is 15.3. The van der Waals surface area contributed by atoms with Gasteiger partial charge in [0.15, 0.2) is 0 Å². The van der Waals surface area contributed by atoms with Gasteiger partial charge in [-0.1, -0.05) is 55.4 Å². The van der Waals surface area contributed by atoms with E-state index in [0.717, 1.165) is 0 Å². The van der Waals surface area contributed by atoms with Gasteiger partial charge in [-0.2, -0.15) is 0 Å². The maximum absolute atomic E-state index is 4.83. The molecule has 10 radical (unpaired) electrons. The van der Waals surface area contributed by atoms with Crippen molar-refractivity contribution < 1.29 is 30.3 Å². The zero-order valence-corrected chi connectivity index (χ0v) is 21.6. The fraction of sp³-hybridized carbons (Fsp3) is 0.444. The molecule has 0 aromatic rings. The van der Waals surface area contributed by atoms with E-state index in [1.807, 2.05) is 0 Å². The monoisotopic (exact) mass is 588 g/mol. The molecule has 0 unspecified atom stereocenters. The molecule has 2 rings (SSSR count). The van der Waals surface area contributed by atoms with E-state index in [9.17, 15) is 0 Å². The van der Waals surface area contributed by atoms with Gasteiger partial charge in [0.25, 0.3) is 0 Å². The zero-order chi connectivity index (χ0) is 19.4. The van der Waals surface area contributed by atoms with Crippen LogP contribution < -0.4 is 0 Å². The van der Waals surface area contributed by atoms with E-state index >= 15 is 0 Å². The molecule has 24 heavy (non-hydrogen) atoms. The van der Waals surface area contributed by atoms with Crippen LogP contribution in [0.4, 0.5) is 0 Å². The third-order valence-corrected chi connectivity index (χ3v) is 4.36. The summed E-state index contributed by atoms with van der Waals surface area (Å²) < 4.78 is 0. The first kappa shape index (κ1) is 28.6. The average molecular weight is 590 g/mol. The molecule has 0 aromatic heterocycles. The van der Waals surface area contributed by atoms with Crippen LogP contribution in [0.15, 0.2) is 0 Å². The summed E-state index contributed by atoms with van der Waals surface area (Å²) in [5.74, 6) is 11.5. The molecular formula is C18H26Cl4Rh2+2. The Bertz CT molecular complexity index is 242. The van der Waals surface area contributed by atoms with Crippen LogP contribution in [0.25, 0.3) is 0 Å². The van der Waals surface area contributed by atoms with Crippen LogP contribution in [0, 0.1) is 60.2 Å². The fourth-order valence-corrected chi connectivity index (χ4v) is 2.27. The van der Waals surface area contributed by atoms with Crippen molar-refractivity contribution >= 4 is 38.8 Å². The molecule has 6 heteroatoms. The van der Waals surface area contributed by atoms with Gasteiger partial charge in [0.2, 0.25) is 0 Å². The standard InChI is InChI=1S/2C9H13.4ClH.2Rh/c2*1-6-5-7(2)9(4)8(6)3;;;;;;/h2*5H,1-4H3;4*1H;;/q;;;;;;2*+3/p-4. The summed E-state index contributed by atoms with van der Waals surface area (Å²) in [6.45, 7) is 17.4. The molecule has 0 atom stereocenters. The summed E-state index contributed by atoms with van der Waals surface area (Å²) >= 11 is -0.451. The second kappa shape index (κ2) is 16.4. The summed E-state index contributed by atoms with van der Waals surface area (Å²) in [5.41, 5.74) is 0. The topological polar surface area (TPSA) is 0 Å². The summed E-state index contributed by atoms with van der Waals surface area (Å²) in [7, 11) is 19.3. The van der Waals surface area contributed by atoms with Gasteiger partial charge in [0.1, 0.15) is 0 Å². The molecule has 2 aliphatic carbocycles. The van der Waals surface area contributed by atoms with Crippen LogP contribution in [0.2, 0.25) is 0 Å². The second-order valence-corrected chi connectivity index (χ2v) is 10.6. The fourth-order valence-electron chi connectivity index (χ4n) is 2.27. The number of hydrogen-bond acceptors (Lipinski definition) is 0. The Balaban J connectivity index is 0. The molecule has 142 valence electrons. The van der Waals surface area contributed by atoms with Gasteiger partial charge in [-0.25, -0.2) is 0 Å². The van der Waals surface area contributed by atoms with Gasteiger partial charge in [0.05, 0.1) is 0 Å². The normalized spacial score (nSPS) is 22.8. The Hall–Kier alpha value is 2.41. The molecule has 0 saturated heterocycles. The Labute approximate surface area is 183 Å². The van der Waals surface area contributed by atoms with Crippen molar-refractivity contribution in [3.05, 3.63) is 60.2 Å². The van der Waals surface area contributed by atoms with Crippen molar-refractivity contribution in [2.75, 3.05) is 0 Å². The first-order chi connectivity index (χ1) is 11.1. The van der Waals surface area contributed by atoms with Crippen LogP contribution in [-0.4, -0.2) is 0 Å². The minimum absolute atomic E-state index is 0.226. The molecule has 2 fully saturated rings. The third kappa shape index (κ3) is 11.3. The average Bonchev–Trinajstić information content (AvgIpc) is 2.86. The van der Waals surface area contributed by atoms with Crippen LogP contribution in [0.3, 0.4) is 0 Å². The van der Waals surface area contributed by atoms with Crippen LogP contribution in [0.1, 0.15) is 55.4 Å². The molecule has 0 heterocycles. The molecule has 0 spiro atoms. The SMILES string of the molecule is C[C]1[CH][C](C)[C](C)[C]1C.C[C]1[CH][C](C)[C](C)[C]1C.[Cl][Rh+][Cl].[Cl][Rh+][Cl]. The van der Waals surface area contributed by atoms with Crippen molar-refractivity contribution in [2.24, 2.45) is 0 Å². The molecule has 0 amide bonds. The van der Waals surface area contributed by atoms with E-state index in [1.165, 1.54) is 47.3 Å². The third-order valence-electron chi connectivity index (χ3n) is 4.36. The van der Waals surface area contributed by atoms with Crippen molar-refractivity contribution in [2.45, 2.75) is 55.4 Å². The molecule has 0 N–H and O–H groups in total. The van der Waals surface area contributed by atoms with Gasteiger partial charge in [-0.05, 0) is 60.2 Å². The summed E-state index contributed by atoms with van der Waals surface area (Å²) in [5, 5.41) is 0. The maximum atomic E-state index is 4.83. The van der Waals surface area contributed by atoms with E-state index < -0.39 is 0 Å². The second-order valence-electron chi connectivity index (χ2n) is 5.62. The van der Waals surface area contributed by atoms with E-state index in [4.69, 9.17) is 38.8 Å². The first-order valence-electron chi connectivity index (χ1n) is 7.16. The predicted octanol–water partition coefficient (Wildman–Crippen LogP) is 7.92. The summed E-state index contributed by atoms with van der Waals surface area (Å²) in [6, 6.07) is 0. The minimum atomic E-state index is -0.226. The predicted molar refractivity (Wildman–Crippen MR) is 103 cm³/mol. The Morgan fingerprint density at radius 3 is 0.625 bits per heavy atom. The van der Waals surface area contributed by atoms with Crippen molar-refractivity contribution in [1.29, 1.82) is 0 Å². The van der Waals surface area contributed by atoms with Crippen molar-refractivity contribution in [3.63, 3.8) is 0 Å². The van der Waals surface area contributed by atoms with Gasteiger partial charge in [-0.3, -0.25) is 0 Å². The molecule has 0 nitrogen and oxygen atoms in total. The van der Waals surface area contributed by atoms with Crippen LogP contribution in [-0.2, 0) is 30.3 Å². The summed E-state index contributed by atoms with van der Waals surface area (Å²) in [4.78, 5) is 0. The number of hydrogen-bond donors (Lipinski definition) is 0. The molecular weight excluding hydrogens is 564 g/mol. The Kier molecular flexibility index (Phi) is 19.5. The van der Waals surface area contributed by atoms with Crippen molar-refractivity contribution in [1.82, 2.24) is 0 Å². The molecule has 2 saturated carbocycles. The van der Waals surface area contributed by atoms with Gasteiger partial charge >= 0.3 is 69.1 Å². The van der Waals surface area contributed by atoms with Gasteiger partial charge in [0, 0.05) is 0 Å². The molecule has 0 bridgehead atoms. The van der Waals surface area contributed by atoms with Crippen LogP contribution >= 0.6 is 38.8 Å². The Morgan fingerprint density at radius 2 is 0.583 bits per heavy atom. The van der Waals surface area contributed by atoms with Gasteiger partial charge in [-0.15, -0.1) is 0 Å². The molecule has 2 aliphatic rings. The molecule has 0 aliphatic heterocycles. The first-order valence-corrected chi connectivity index (χ1v) is 15.6. The van der Waals surface area contributed by atoms with Crippen molar-refractivity contribution in [3.8, 4) is 0 Å². The molecule has 0 aromatic carbocycles. The quantitative estimate of drug-likeness (QED) is 0.252. The summed E-state index contributed by atoms with van der Waals surface area (Å²) in [6.07, 6.45) is 4.48. The van der Waals surface area contributed by atoms with Crippen LogP contribution in [0.5, 0.6) is 0 Å². The van der Waals surface area contributed by atoms with E-state index in [1.54, 1.807) is 0 Å². The Morgan fingerprint density at radius 1 is 0.458 bits per heavy atom. The van der Waals surface area contributed by atoms with Gasteiger partial charge < -0.3 is 0 Å². The number of rotatable bonds is 0. The van der Waals surface area contributed by atoms with E-state index in [-0.39, 0.29) is 30.3 Å². The van der Waals surface area contributed by atoms with E-state index in [2.05, 4.69) is 68.2 Å². The number of halogens is 4.